The molecule has 1 N–H and O–H groups in total. The summed E-state index contributed by atoms with van der Waals surface area (Å²) in [4.78, 5) is 2.81. The average Bonchev–Trinajstić information content (AvgIpc) is 2.39. The second-order valence-corrected chi connectivity index (χ2v) is 6.63. The molecular formula is C15H28N2. The molecule has 3 fully saturated rings. The summed E-state index contributed by atoms with van der Waals surface area (Å²) in [5.74, 6) is 2.12. The minimum absolute atomic E-state index is 0.749. The third kappa shape index (κ3) is 2.68. The molecule has 1 aliphatic carbocycles. The van der Waals surface area contributed by atoms with Crippen LogP contribution < -0.4 is 5.32 Å². The molecule has 2 heterocycles. The van der Waals surface area contributed by atoms with Crippen LogP contribution in [0.4, 0.5) is 0 Å². The van der Waals surface area contributed by atoms with E-state index in [2.05, 4.69) is 17.1 Å². The van der Waals surface area contributed by atoms with E-state index in [-0.39, 0.29) is 0 Å². The Hall–Kier alpha value is -0.0800. The lowest BCUT2D eigenvalue weighted by Crippen LogP contribution is -2.53. The second kappa shape index (κ2) is 5.27. The van der Waals surface area contributed by atoms with Gasteiger partial charge in [-0.15, -0.1) is 0 Å². The van der Waals surface area contributed by atoms with Gasteiger partial charge in [-0.3, -0.25) is 4.90 Å². The molecule has 2 heteroatoms. The number of nitrogens with zero attached hydrogens (tertiary/aromatic N) is 1. The first-order valence-electron chi connectivity index (χ1n) is 7.80. The SMILES string of the molecule is CC1CCC(N2CCC3CCCCC3C2)CN1. The molecule has 2 saturated heterocycles. The third-order valence-electron chi connectivity index (χ3n) is 5.47. The topological polar surface area (TPSA) is 15.3 Å². The summed E-state index contributed by atoms with van der Waals surface area (Å²) >= 11 is 0. The number of piperidine rings is 2. The van der Waals surface area contributed by atoms with Crippen molar-refractivity contribution in [3.05, 3.63) is 0 Å². The Morgan fingerprint density at radius 2 is 1.76 bits per heavy atom. The largest absolute Gasteiger partial charge is 0.313 e. The molecular weight excluding hydrogens is 208 g/mol. The summed E-state index contributed by atoms with van der Waals surface area (Å²) in [6, 6.07) is 1.59. The van der Waals surface area contributed by atoms with Crippen LogP contribution in [0, 0.1) is 11.8 Å². The fourth-order valence-corrected chi connectivity index (χ4v) is 4.26. The zero-order chi connectivity index (χ0) is 11.7. The molecule has 3 aliphatic rings. The first-order chi connectivity index (χ1) is 8.33. The number of hydrogen-bond acceptors (Lipinski definition) is 2. The highest BCUT2D eigenvalue weighted by Gasteiger charge is 2.34. The Balaban J connectivity index is 1.54. The number of hydrogen-bond donors (Lipinski definition) is 1. The Morgan fingerprint density at radius 3 is 2.53 bits per heavy atom. The molecule has 0 aromatic heterocycles. The van der Waals surface area contributed by atoms with Crippen LogP contribution in [0.2, 0.25) is 0 Å². The second-order valence-electron chi connectivity index (χ2n) is 6.63. The van der Waals surface area contributed by atoms with Gasteiger partial charge in [0.1, 0.15) is 0 Å². The minimum Gasteiger partial charge on any atom is -0.313 e. The third-order valence-corrected chi connectivity index (χ3v) is 5.47. The smallest absolute Gasteiger partial charge is 0.0221 e. The molecule has 0 amide bonds. The highest BCUT2D eigenvalue weighted by molar-refractivity contribution is 4.89. The molecule has 0 spiro atoms. The summed E-state index contributed by atoms with van der Waals surface area (Å²) < 4.78 is 0. The first-order valence-corrected chi connectivity index (χ1v) is 7.80. The summed E-state index contributed by atoms with van der Waals surface area (Å²) in [6.07, 6.45) is 10.3. The van der Waals surface area contributed by atoms with Crippen LogP contribution in [-0.4, -0.2) is 36.6 Å². The van der Waals surface area contributed by atoms with Crippen molar-refractivity contribution in [1.29, 1.82) is 0 Å². The number of rotatable bonds is 1. The molecule has 0 aromatic carbocycles. The molecule has 4 atom stereocenters. The van der Waals surface area contributed by atoms with Crippen LogP contribution in [-0.2, 0) is 0 Å². The average molecular weight is 236 g/mol. The lowest BCUT2D eigenvalue weighted by atomic mass is 9.74. The van der Waals surface area contributed by atoms with Crippen molar-refractivity contribution < 1.29 is 0 Å². The molecule has 1 saturated carbocycles. The molecule has 0 bridgehead atoms. The van der Waals surface area contributed by atoms with E-state index in [1.54, 1.807) is 0 Å². The summed E-state index contributed by atoms with van der Waals surface area (Å²) in [5, 5.41) is 3.66. The number of nitrogens with one attached hydrogen (secondary N) is 1. The molecule has 3 rings (SSSR count). The van der Waals surface area contributed by atoms with E-state index >= 15 is 0 Å². The maximum Gasteiger partial charge on any atom is 0.0221 e. The van der Waals surface area contributed by atoms with Gasteiger partial charge in [-0.2, -0.15) is 0 Å². The van der Waals surface area contributed by atoms with Crippen molar-refractivity contribution in [1.82, 2.24) is 10.2 Å². The monoisotopic (exact) mass is 236 g/mol. The molecule has 0 radical (unpaired) electrons. The van der Waals surface area contributed by atoms with E-state index in [1.807, 2.05) is 0 Å². The van der Waals surface area contributed by atoms with E-state index in [0.29, 0.717) is 0 Å². The van der Waals surface area contributed by atoms with Crippen molar-refractivity contribution in [3.63, 3.8) is 0 Å². The highest BCUT2D eigenvalue weighted by atomic mass is 15.2. The Labute approximate surface area is 106 Å². The summed E-state index contributed by atoms with van der Waals surface area (Å²) in [6.45, 7) is 6.34. The molecule has 2 aliphatic heterocycles. The lowest BCUT2D eigenvalue weighted by Gasteiger charge is -2.46. The van der Waals surface area contributed by atoms with E-state index < -0.39 is 0 Å². The van der Waals surface area contributed by atoms with Gasteiger partial charge in [0, 0.05) is 25.2 Å². The predicted molar refractivity (Wildman–Crippen MR) is 72.1 cm³/mol. The number of likely N-dealkylation sites (tertiary alicyclic amines) is 1. The molecule has 17 heavy (non-hydrogen) atoms. The highest BCUT2D eigenvalue weighted by Crippen LogP contribution is 2.37. The molecule has 98 valence electrons. The normalized spacial score (nSPS) is 44.3. The van der Waals surface area contributed by atoms with Crippen molar-refractivity contribution in [3.8, 4) is 0 Å². The zero-order valence-corrected chi connectivity index (χ0v) is 11.3. The Bertz CT molecular complexity index is 245. The van der Waals surface area contributed by atoms with Crippen LogP contribution in [0.25, 0.3) is 0 Å². The van der Waals surface area contributed by atoms with Gasteiger partial charge >= 0.3 is 0 Å². The van der Waals surface area contributed by atoms with E-state index in [9.17, 15) is 0 Å². The fourth-order valence-electron chi connectivity index (χ4n) is 4.26. The lowest BCUT2D eigenvalue weighted by molar-refractivity contribution is 0.0452. The molecule has 0 aromatic rings. The zero-order valence-electron chi connectivity index (χ0n) is 11.3. The summed E-state index contributed by atoms with van der Waals surface area (Å²) in [7, 11) is 0. The van der Waals surface area contributed by atoms with Gasteiger partial charge in [0.15, 0.2) is 0 Å². The van der Waals surface area contributed by atoms with Gasteiger partial charge in [0.05, 0.1) is 0 Å². The van der Waals surface area contributed by atoms with Crippen LogP contribution in [0.5, 0.6) is 0 Å². The van der Waals surface area contributed by atoms with Crippen LogP contribution in [0.3, 0.4) is 0 Å². The van der Waals surface area contributed by atoms with Gasteiger partial charge in [0.2, 0.25) is 0 Å². The van der Waals surface area contributed by atoms with E-state index in [0.717, 1.165) is 23.9 Å². The molecule has 4 unspecified atom stereocenters. The van der Waals surface area contributed by atoms with Crippen molar-refractivity contribution in [2.45, 2.75) is 64.0 Å². The van der Waals surface area contributed by atoms with Crippen molar-refractivity contribution in [2.24, 2.45) is 11.8 Å². The van der Waals surface area contributed by atoms with Crippen LogP contribution in [0.1, 0.15) is 51.9 Å². The van der Waals surface area contributed by atoms with Crippen LogP contribution in [0.15, 0.2) is 0 Å². The Kier molecular flexibility index (Phi) is 3.72. The minimum atomic E-state index is 0.749. The van der Waals surface area contributed by atoms with Gasteiger partial charge in [-0.25, -0.2) is 0 Å². The maximum absolute atomic E-state index is 3.66. The van der Waals surface area contributed by atoms with Crippen molar-refractivity contribution in [2.75, 3.05) is 19.6 Å². The van der Waals surface area contributed by atoms with Crippen molar-refractivity contribution >= 4 is 0 Å². The van der Waals surface area contributed by atoms with Gasteiger partial charge in [-0.1, -0.05) is 19.3 Å². The van der Waals surface area contributed by atoms with E-state index in [4.69, 9.17) is 0 Å². The predicted octanol–water partition coefficient (Wildman–Crippen LogP) is 2.64. The van der Waals surface area contributed by atoms with Gasteiger partial charge in [0.25, 0.3) is 0 Å². The van der Waals surface area contributed by atoms with Crippen LogP contribution >= 0.6 is 0 Å². The fraction of sp³-hybridized carbons (Fsp3) is 1.00. The summed E-state index contributed by atoms with van der Waals surface area (Å²) in [5.41, 5.74) is 0. The molecule has 2 nitrogen and oxygen atoms in total. The standard InChI is InChI=1S/C15H28N2/c1-12-6-7-15(10-16-12)17-9-8-13-4-2-3-5-14(13)11-17/h12-16H,2-11H2,1H3. The van der Waals surface area contributed by atoms with Gasteiger partial charge < -0.3 is 5.32 Å². The quantitative estimate of drug-likeness (QED) is 0.753. The Morgan fingerprint density at radius 1 is 0.941 bits per heavy atom. The number of fused-ring (bicyclic) bond motifs is 1. The van der Waals surface area contributed by atoms with E-state index in [1.165, 1.54) is 64.6 Å². The van der Waals surface area contributed by atoms with Gasteiger partial charge in [-0.05, 0) is 51.0 Å². The maximum atomic E-state index is 3.66. The first kappa shape index (κ1) is 12.0.